The van der Waals surface area contributed by atoms with Crippen molar-refractivity contribution in [1.82, 2.24) is 74.4 Å². The minimum atomic E-state index is -0.750. The van der Waals surface area contributed by atoms with Crippen LogP contribution in [0.15, 0.2) is 0 Å². The maximum Gasteiger partial charge on any atom is 0.244 e. The number of thioether (sulfide) groups is 1. The monoisotopic (exact) mass is 1090 g/mol. The van der Waals surface area contributed by atoms with Crippen molar-refractivity contribution in [1.29, 1.82) is 0 Å². The summed E-state index contributed by atoms with van der Waals surface area (Å²) in [5, 5.41) is 35.9. The maximum absolute atomic E-state index is 11.2. The first-order valence-electron chi connectivity index (χ1n) is 23.1. The van der Waals surface area contributed by atoms with E-state index in [1.807, 2.05) is 62.6 Å². The molecule has 438 valence electrons. The smallest absolute Gasteiger partial charge is 0.244 e. The number of ketones is 3. The molecule has 0 aromatic rings. The van der Waals surface area contributed by atoms with Crippen molar-refractivity contribution < 1.29 is 62.3 Å². The highest BCUT2D eigenvalue weighted by molar-refractivity contribution is 7.98. The van der Waals surface area contributed by atoms with Gasteiger partial charge in [-0.3, -0.25) is 52.7 Å². The summed E-state index contributed by atoms with van der Waals surface area (Å²) in [4.78, 5) is 130. The van der Waals surface area contributed by atoms with E-state index in [1.165, 1.54) is 95.4 Å². The van der Waals surface area contributed by atoms with E-state index in [9.17, 15) is 57.5 Å². The van der Waals surface area contributed by atoms with Crippen LogP contribution in [0.1, 0.15) is 74.7 Å². The first-order chi connectivity index (χ1) is 34.4. The zero-order chi connectivity index (χ0) is 60.4. The van der Waals surface area contributed by atoms with Gasteiger partial charge in [0.2, 0.25) is 53.2 Å². The number of likely N-dealkylation sites (N-methyl/N-ethyl adjacent to an activating group) is 5. The molecule has 0 aliphatic carbocycles. The van der Waals surface area contributed by atoms with Gasteiger partial charge < -0.3 is 84.0 Å². The van der Waals surface area contributed by atoms with Crippen molar-refractivity contribution in [2.45, 2.75) is 105 Å². The Kier molecular flexibility index (Phi) is 77.7. The second kappa shape index (κ2) is 65.4. The van der Waals surface area contributed by atoms with Crippen molar-refractivity contribution in [2.75, 3.05) is 124 Å². The van der Waals surface area contributed by atoms with Crippen LogP contribution in [-0.4, -0.2) is 225 Å². The lowest BCUT2D eigenvalue weighted by molar-refractivity contribution is -0.130. The molecule has 74 heavy (non-hydrogen) atoms. The van der Waals surface area contributed by atoms with Crippen molar-refractivity contribution >= 4 is 82.3 Å². The minimum Gasteiger partial charge on any atom is -0.382 e. The highest BCUT2D eigenvalue weighted by Crippen LogP contribution is 1.99. The van der Waals surface area contributed by atoms with E-state index in [2.05, 4.69) is 74.4 Å². The van der Waals surface area contributed by atoms with Gasteiger partial charge in [0.15, 0.2) is 5.78 Å². The van der Waals surface area contributed by atoms with Gasteiger partial charge in [-0.25, -0.2) is 0 Å². The Morgan fingerprint density at radius 1 is 0.405 bits per heavy atom. The molecule has 0 aromatic carbocycles. The third-order valence-corrected chi connectivity index (χ3v) is 7.65. The average molecular weight is 1090 g/mol. The summed E-state index contributed by atoms with van der Waals surface area (Å²) in [5.41, 5.74) is 0. The molecule has 28 heteroatoms. The van der Waals surface area contributed by atoms with E-state index in [0.717, 1.165) is 0 Å². The summed E-state index contributed by atoms with van der Waals surface area (Å²) in [7, 11) is 24.2. The second-order valence-electron chi connectivity index (χ2n) is 14.9. The lowest BCUT2D eigenvalue weighted by Gasteiger charge is -2.15. The Balaban J connectivity index is -0.0000000965. The molecule has 0 saturated heterocycles. The number of hydrogen-bond donors (Lipinski definition) is 14. The quantitative estimate of drug-likeness (QED) is 0.0520. The molecule has 0 fully saturated rings. The van der Waals surface area contributed by atoms with E-state index in [0.29, 0.717) is 25.1 Å². The highest BCUT2D eigenvalue weighted by Gasteiger charge is 2.21. The predicted molar refractivity (Wildman–Crippen MR) is 294 cm³/mol. The van der Waals surface area contributed by atoms with Gasteiger partial charge in [-0.1, -0.05) is 0 Å². The van der Waals surface area contributed by atoms with Crippen LogP contribution in [0.25, 0.3) is 0 Å². The predicted octanol–water partition coefficient (Wildman–Crippen LogP) is -4.05. The molecule has 9 amide bonds. The number of Topliss-reactive ketones (excluding diaryl/α,β-unsaturated/α-hetero) is 3. The van der Waals surface area contributed by atoms with Crippen molar-refractivity contribution in [2.24, 2.45) is 0 Å². The van der Waals surface area contributed by atoms with E-state index in [4.69, 9.17) is 4.74 Å². The third-order valence-electron chi connectivity index (χ3n) is 6.98. The number of carbonyl (C=O) groups is 12. The molecule has 0 heterocycles. The van der Waals surface area contributed by atoms with E-state index >= 15 is 0 Å². The standard InChI is InChI=1S/C9H16N2O3.C8H14N2O3.C7H14N2O3.C7H14N2O2S.C7H14N2O2.4C2H7N/c1-6(12)4-5-8(9(14)10-3)11-7(2)13;1-5(11)4-7(8(13)9-3)10-6(2)12;2*1-5(10)9-6(4-12-3)7(11)8-2;1-5(10)7(4-8-3)9-6(2)11;4*1-3-2/h8H,4-5H2,1-3H3,(H,10,14)(H,11,13);7H,4H2,1-3H3,(H,9,13)(H,10,12);2*6H,4H2,1-3H3,(H,8,11)(H,9,10);7-8H,4H2,1-3H3,(H,9,11);4*3H,1-2H3/t8-;7-;2*6-;7-;;;;/m00000..../s1. The minimum absolute atomic E-state index is 0.00394. The van der Waals surface area contributed by atoms with Crippen LogP contribution in [0, 0.1) is 0 Å². The van der Waals surface area contributed by atoms with Crippen LogP contribution in [0.2, 0.25) is 0 Å². The van der Waals surface area contributed by atoms with Gasteiger partial charge in [0.05, 0.1) is 12.6 Å². The van der Waals surface area contributed by atoms with Crippen LogP contribution in [0.3, 0.4) is 0 Å². The maximum atomic E-state index is 11.2. The molecule has 0 aliphatic rings. The SMILES string of the molecule is CNC.CNC.CNC.CNC.CNC(=O)[C@H](CC(C)=O)NC(C)=O.CNC(=O)[C@H](CCC(C)=O)NC(C)=O.CNC(=O)[C@H](COC)NC(C)=O.CNC(=O)[C@H](CSC)NC(C)=O.CNC[C@H](NC(C)=O)C(C)=O. The van der Waals surface area contributed by atoms with Crippen LogP contribution >= 0.6 is 11.8 Å². The molecule has 0 radical (unpaired) electrons. The second-order valence-corrected chi connectivity index (χ2v) is 15.9. The first kappa shape index (κ1) is 88.0. The number of rotatable bonds is 21. The van der Waals surface area contributed by atoms with E-state index in [1.54, 1.807) is 14.1 Å². The highest BCUT2D eigenvalue weighted by atomic mass is 32.2. The summed E-state index contributed by atoms with van der Waals surface area (Å²) in [6.07, 6.45) is 2.55. The Bertz CT molecular complexity index is 1470. The molecule has 0 rings (SSSR count). The average Bonchev–Trinajstić information content (AvgIpc) is 3.29. The van der Waals surface area contributed by atoms with Crippen LogP contribution in [0.4, 0.5) is 0 Å². The van der Waals surface area contributed by atoms with Gasteiger partial charge in [-0.05, 0) is 96.9 Å². The van der Waals surface area contributed by atoms with E-state index < -0.39 is 30.2 Å². The van der Waals surface area contributed by atoms with Gasteiger partial charge in [-0.2, -0.15) is 11.8 Å². The Morgan fingerprint density at radius 2 is 0.689 bits per heavy atom. The van der Waals surface area contributed by atoms with Crippen molar-refractivity contribution in [3.8, 4) is 0 Å². The van der Waals surface area contributed by atoms with Gasteiger partial charge in [0.1, 0.15) is 35.7 Å². The molecular weight excluding hydrogens is 989 g/mol. The molecular formula is C46H100N14O13S. The summed E-state index contributed by atoms with van der Waals surface area (Å²) in [6.45, 7) is 11.7. The largest absolute Gasteiger partial charge is 0.382 e. The lowest BCUT2D eigenvalue weighted by atomic mass is 10.1. The van der Waals surface area contributed by atoms with Crippen molar-refractivity contribution in [3.63, 3.8) is 0 Å². The molecule has 14 N–H and O–H groups in total. The van der Waals surface area contributed by atoms with Gasteiger partial charge in [0, 0.05) is 95.1 Å². The number of nitrogens with one attached hydrogen (secondary N) is 14. The number of methoxy groups -OCH3 is 1. The molecule has 0 saturated carbocycles. The molecule has 27 nitrogen and oxygen atoms in total. The third kappa shape index (κ3) is 77.8. The summed E-state index contributed by atoms with van der Waals surface area (Å²) < 4.78 is 4.75. The molecule has 0 bridgehead atoms. The first-order valence-corrected chi connectivity index (χ1v) is 24.5. The number of amides is 9. The topological polar surface area (TPSA) is 382 Å². The van der Waals surface area contributed by atoms with Gasteiger partial charge >= 0.3 is 0 Å². The summed E-state index contributed by atoms with van der Waals surface area (Å²) >= 11 is 1.52. The molecule has 0 aliphatic heterocycles. The zero-order valence-electron chi connectivity index (χ0n) is 48.8. The normalized spacial score (nSPS) is 10.9. The molecule has 0 spiro atoms. The Hall–Kier alpha value is -5.65. The van der Waals surface area contributed by atoms with Crippen LogP contribution < -0.4 is 74.4 Å². The number of carbonyl (C=O) groups excluding carboxylic acids is 12. The summed E-state index contributed by atoms with van der Waals surface area (Å²) in [5.74, 6) is -1.82. The fraction of sp³-hybridized carbons (Fsp3) is 0.739. The molecule has 0 unspecified atom stereocenters. The zero-order valence-corrected chi connectivity index (χ0v) is 49.7. The number of hydrogen-bond acceptors (Lipinski definition) is 19. The van der Waals surface area contributed by atoms with Crippen LogP contribution in [-0.2, 0) is 62.3 Å². The Morgan fingerprint density at radius 3 is 0.959 bits per heavy atom. The Labute approximate surface area is 446 Å². The van der Waals surface area contributed by atoms with Gasteiger partial charge in [-0.15, -0.1) is 0 Å². The fourth-order valence-electron chi connectivity index (χ4n) is 4.24. The van der Waals surface area contributed by atoms with E-state index in [-0.39, 0.29) is 83.5 Å². The number of ether oxygens (including phenoxy) is 1. The lowest BCUT2D eigenvalue weighted by Crippen LogP contribution is -2.47. The summed E-state index contributed by atoms with van der Waals surface area (Å²) in [6, 6.07) is -2.76. The fourth-order valence-corrected chi connectivity index (χ4v) is 4.80. The molecule has 5 atom stereocenters. The molecule has 0 aromatic heterocycles. The van der Waals surface area contributed by atoms with Gasteiger partial charge in [0.25, 0.3) is 0 Å². The van der Waals surface area contributed by atoms with Crippen LogP contribution in [0.5, 0.6) is 0 Å². The van der Waals surface area contributed by atoms with Crippen molar-refractivity contribution in [3.05, 3.63) is 0 Å².